The summed E-state index contributed by atoms with van der Waals surface area (Å²) in [5.74, 6) is 0.794. The third-order valence-electron chi connectivity index (χ3n) is 2.66. The van der Waals surface area contributed by atoms with Gasteiger partial charge in [0.15, 0.2) is 0 Å². The normalized spacial score (nSPS) is 13.3. The highest BCUT2D eigenvalue weighted by atomic mass is 16.5. The smallest absolute Gasteiger partial charge is 0.118 e. The van der Waals surface area contributed by atoms with E-state index in [0.29, 0.717) is 0 Å². The minimum atomic E-state index is -0.541. The van der Waals surface area contributed by atoms with Crippen LogP contribution in [0.2, 0.25) is 0 Å². The molecule has 0 aliphatic rings. The highest BCUT2D eigenvalue weighted by Crippen LogP contribution is 2.34. The predicted octanol–water partition coefficient (Wildman–Crippen LogP) is 2.94. The first kappa shape index (κ1) is 11.8. The van der Waals surface area contributed by atoms with Crippen molar-refractivity contribution in [2.24, 2.45) is 5.41 Å². The second-order valence-electron chi connectivity index (χ2n) is 4.20. The number of benzene rings is 1. The van der Waals surface area contributed by atoms with Gasteiger partial charge in [-0.15, -0.1) is 6.58 Å². The van der Waals surface area contributed by atoms with Gasteiger partial charge in [-0.3, -0.25) is 0 Å². The average Bonchev–Trinajstić information content (AvgIpc) is 2.28. The van der Waals surface area contributed by atoms with Crippen LogP contribution in [0, 0.1) is 5.41 Å². The van der Waals surface area contributed by atoms with Gasteiger partial charge >= 0.3 is 0 Å². The lowest BCUT2D eigenvalue weighted by Crippen LogP contribution is -2.18. The lowest BCUT2D eigenvalue weighted by molar-refractivity contribution is 0.0822. The van der Waals surface area contributed by atoms with Crippen molar-refractivity contribution in [3.63, 3.8) is 0 Å². The molecule has 1 N–H and O–H groups in total. The van der Waals surface area contributed by atoms with E-state index >= 15 is 0 Å². The Morgan fingerprint density at radius 3 is 2.27 bits per heavy atom. The number of aliphatic hydroxyl groups excluding tert-OH is 1. The molecule has 1 rings (SSSR count). The largest absolute Gasteiger partial charge is 0.497 e. The zero-order chi connectivity index (χ0) is 11.5. The Balaban J connectivity index is 2.92. The van der Waals surface area contributed by atoms with E-state index in [4.69, 9.17) is 4.74 Å². The molecule has 15 heavy (non-hydrogen) atoms. The van der Waals surface area contributed by atoms with Gasteiger partial charge in [-0.1, -0.05) is 32.1 Å². The molecule has 0 spiro atoms. The molecule has 0 amide bonds. The van der Waals surface area contributed by atoms with E-state index in [2.05, 4.69) is 6.58 Å². The Bertz CT molecular complexity index is 325. The van der Waals surface area contributed by atoms with E-state index in [1.807, 2.05) is 38.1 Å². The molecule has 0 bridgehead atoms. The Morgan fingerprint density at radius 2 is 1.87 bits per heavy atom. The van der Waals surface area contributed by atoms with Crippen LogP contribution in [0.3, 0.4) is 0 Å². The van der Waals surface area contributed by atoms with Crippen LogP contribution < -0.4 is 4.74 Å². The summed E-state index contributed by atoms with van der Waals surface area (Å²) < 4.78 is 5.06. The molecule has 0 saturated carbocycles. The molecular weight excluding hydrogens is 188 g/mol. The van der Waals surface area contributed by atoms with Gasteiger partial charge in [0.1, 0.15) is 5.75 Å². The van der Waals surface area contributed by atoms with Crippen LogP contribution in [0.1, 0.15) is 25.5 Å². The summed E-state index contributed by atoms with van der Waals surface area (Å²) >= 11 is 0. The van der Waals surface area contributed by atoms with E-state index in [0.717, 1.165) is 11.3 Å². The number of hydrogen-bond donors (Lipinski definition) is 1. The van der Waals surface area contributed by atoms with Gasteiger partial charge in [0.05, 0.1) is 13.2 Å². The van der Waals surface area contributed by atoms with Crippen molar-refractivity contribution in [3.05, 3.63) is 42.5 Å². The van der Waals surface area contributed by atoms with Crippen LogP contribution in [0.4, 0.5) is 0 Å². The first-order chi connectivity index (χ1) is 7.01. The van der Waals surface area contributed by atoms with Crippen molar-refractivity contribution in [1.29, 1.82) is 0 Å². The van der Waals surface area contributed by atoms with Gasteiger partial charge in [0.25, 0.3) is 0 Å². The van der Waals surface area contributed by atoms with E-state index in [1.54, 1.807) is 13.2 Å². The van der Waals surface area contributed by atoms with Crippen molar-refractivity contribution in [1.82, 2.24) is 0 Å². The highest BCUT2D eigenvalue weighted by molar-refractivity contribution is 5.29. The molecule has 0 aromatic heterocycles. The first-order valence-electron chi connectivity index (χ1n) is 4.97. The third-order valence-corrected chi connectivity index (χ3v) is 2.66. The Labute approximate surface area is 91.2 Å². The summed E-state index contributed by atoms with van der Waals surface area (Å²) in [6, 6.07) is 7.43. The quantitative estimate of drug-likeness (QED) is 0.767. The maximum atomic E-state index is 10.1. The first-order valence-corrected chi connectivity index (χ1v) is 4.97. The van der Waals surface area contributed by atoms with Crippen LogP contribution in [-0.4, -0.2) is 12.2 Å². The minimum Gasteiger partial charge on any atom is -0.497 e. The SMILES string of the molecule is C=CC(C)(C)C(O)c1ccc(OC)cc1. The maximum Gasteiger partial charge on any atom is 0.118 e. The van der Waals surface area contributed by atoms with Gasteiger partial charge in [0.2, 0.25) is 0 Å². The average molecular weight is 206 g/mol. The summed E-state index contributed by atoms with van der Waals surface area (Å²) in [5.41, 5.74) is 0.551. The lowest BCUT2D eigenvalue weighted by atomic mass is 9.83. The minimum absolute atomic E-state index is 0.325. The molecule has 1 atom stereocenters. The zero-order valence-electron chi connectivity index (χ0n) is 9.53. The number of rotatable bonds is 4. The topological polar surface area (TPSA) is 29.5 Å². The van der Waals surface area contributed by atoms with Gasteiger partial charge in [-0.25, -0.2) is 0 Å². The molecule has 2 nitrogen and oxygen atoms in total. The monoisotopic (exact) mass is 206 g/mol. The van der Waals surface area contributed by atoms with E-state index in [9.17, 15) is 5.11 Å². The van der Waals surface area contributed by atoms with Crippen LogP contribution in [-0.2, 0) is 0 Å². The number of ether oxygens (including phenoxy) is 1. The molecule has 2 heteroatoms. The second kappa shape index (κ2) is 4.49. The fraction of sp³-hybridized carbons (Fsp3) is 0.385. The van der Waals surface area contributed by atoms with Crippen LogP contribution in [0.25, 0.3) is 0 Å². The van der Waals surface area contributed by atoms with Gasteiger partial charge in [-0.2, -0.15) is 0 Å². The van der Waals surface area contributed by atoms with Crippen LogP contribution in [0.15, 0.2) is 36.9 Å². The van der Waals surface area contributed by atoms with Crippen molar-refractivity contribution >= 4 is 0 Å². The molecule has 1 unspecified atom stereocenters. The molecule has 0 aliphatic heterocycles. The lowest BCUT2D eigenvalue weighted by Gasteiger charge is -2.27. The van der Waals surface area contributed by atoms with Crippen molar-refractivity contribution in [2.75, 3.05) is 7.11 Å². The Kier molecular flexibility index (Phi) is 3.53. The molecule has 0 aliphatic carbocycles. The summed E-state index contributed by atoms with van der Waals surface area (Å²) in [6.45, 7) is 7.63. The summed E-state index contributed by atoms with van der Waals surface area (Å²) in [6.07, 6.45) is 1.22. The molecule has 1 aromatic rings. The number of methoxy groups -OCH3 is 1. The van der Waals surface area contributed by atoms with Gasteiger partial charge in [0, 0.05) is 5.41 Å². The number of aliphatic hydroxyl groups is 1. The van der Waals surface area contributed by atoms with Crippen molar-refractivity contribution < 1.29 is 9.84 Å². The molecule has 0 radical (unpaired) electrons. The summed E-state index contributed by atoms with van der Waals surface area (Å²) in [7, 11) is 1.62. The molecule has 0 heterocycles. The van der Waals surface area contributed by atoms with Gasteiger partial charge in [-0.05, 0) is 17.7 Å². The molecule has 0 saturated heterocycles. The Hall–Kier alpha value is -1.28. The predicted molar refractivity (Wildman–Crippen MR) is 61.9 cm³/mol. The van der Waals surface area contributed by atoms with Crippen molar-refractivity contribution in [2.45, 2.75) is 20.0 Å². The molecule has 82 valence electrons. The third kappa shape index (κ3) is 2.60. The van der Waals surface area contributed by atoms with E-state index in [-0.39, 0.29) is 5.41 Å². The maximum absolute atomic E-state index is 10.1. The molecular formula is C13H18O2. The molecule has 0 fully saturated rings. The highest BCUT2D eigenvalue weighted by Gasteiger charge is 2.25. The standard InChI is InChI=1S/C13H18O2/c1-5-13(2,3)12(14)10-6-8-11(15-4)9-7-10/h5-9,12,14H,1H2,2-4H3. The van der Waals surface area contributed by atoms with E-state index < -0.39 is 6.10 Å². The fourth-order valence-corrected chi connectivity index (χ4v) is 1.33. The Morgan fingerprint density at radius 1 is 1.33 bits per heavy atom. The van der Waals surface area contributed by atoms with Crippen LogP contribution >= 0.6 is 0 Å². The summed E-state index contributed by atoms with van der Waals surface area (Å²) in [5, 5.41) is 10.1. The van der Waals surface area contributed by atoms with Crippen molar-refractivity contribution in [3.8, 4) is 5.75 Å². The summed E-state index contributed by atoms with van der Waals surface area (Å²) in [4.78, 5) is 0. The second-order valence-corrected chi connectivity index (χ2v) is 4.20. The van der Waals surface area contributed by atoms with Gasteiger partial charge < -0.3 is 9.84 Å². The molecule has 1 aromatic carbocycles. The van der Waals surface area contributed by atoms with Crippen LogP contribution in [0.5, 0.6) is 5.75 Å². The number of hydrogen-bond acceptors (Lipinski definition) is 2. The zero-order valence-corrected chi connectivity index (χ0v) is 9.53. The van der Waals surface area contributed by atoms with E-state index in [1.165, 1.54) is 0 Å². The fourth-order valence-electron chi connectivity index (χ4n) is 1.33.